The van der Waals surface area contributed by atoms with Gasteiger partial charge in [0.25, 0.3) is 0 Å². The minimum atomic E-state index is -1.04. The number of halogens is 2. The van der Waals surface area contributed by atoms with E-state index in [-0.39, 0.29) is 30.4 Å². The number of nitrogen functional groups attached to an aromatic ring is 1. The molecule has 116 valence electrons. The number of anilines is 2. The van der Waals surface area contributed by atoms with Gasteiger partial charge < -0.3 is 20.7 Å². The average molecular weight is 299 g/mol. The van der Waals surface area contributed by atoms with Gasteiger partial charge in [0.05, 0.1) is 18.9 Å². The molecule has 1 heterocycles. The van der Waals surface area contributed by atoms with E-state index in [1.165, 1.54) is 11.0 Å². The minimum Gasteiger partial charge on any atom is -0.397 e. The molecule has 3 N–H and O–H groups in total. The molecular formula is C14H19F2N3O2. The molecular weight excluding hydrogens is 280 g/mol. The molecule has 5 nitrogen and oxygen atoms in total. The zero-order valence-corrected chi connectivity index (χ0v) is 11.9. The fraction of sp³-hybridized carbons (Fsp3) is 0.500. The Morgan fingerprint density at radius 1 is 1.52 bits per heavy atom. The number of hydrogen-bond acceptors (Lipinski definition) is 4. The number of benzene rings is 1. The number of rotatable bonds is 4. The monoisotopic (exact) mass is 299 g/mol. The molecule has 2 rings (SSSR count). The van der Waals surface area contributed by atoms with E-state index < -0.39 is 17.7 Å². The minimum absolute atomic E-state index is 0.0741. The van der Waals surface area contributed by atoms with Crippen LogP contribution in [0.5, 0.6) is 0 Å². The van der Waals surface area contributed by atoms with Crippen molar-refractivity contribution in [1.29, 1.82) is 0 Å². The Balaban J connectivity index is 2.31. The molecule has 1 saturated heterocycles. The van der Waals surface area contributed by atoms with Gasteiger partial charge in [-0.15, -0.1) is 0 Å². The number of nitrogens with one attached hydrogen (secondary N) is 1. The van der Waals surface area contributed by atoms with Crippen molar-refractivity contribution in [3.63, 3.8) is 0 Å². The quantitative estimate of drug-likeness (QED) is 0.822. The first-order valence-electron chi connectivity index (χ1n) is 6.91. The molecule has 0 spiro atoms. The number of nitrogens with zero attached hydrogens (tertiary/aromatic N) is 1. The first-order chi connectivity index (χ1) is 10.1. The Morgan fingerprint density at radius 3 is 3.00 bits per heavy atom. The maximum Gasteiger partial charge on any atom is 0.245 e. The molecule has 1 atom stereocenters. The van der Waals surface area contributed by atoms with Gasteiger partial charge in [0.15, 0.2) is 11.6 Å². The van der Waals surface area contributed by atoms with Gasteiger partial charge in [0.2, 0.25) is 5.91 Å². The summed E-state index contributed by atoms with van der Waals surface area (Å²) in [6, 6.07) is 1.55. The SMILES string of the molecule is CCCNC(=O)C1COCCN1c1c(N)ccc(F)c1F. The summed E-state index contributed by atoms with van der Waals surface area (Å²) in [4.78, 5) is 13.6. The third-order valence-electron chi connectivity index (χ3n) is 3.37. The van der Waals surface area contributed by atoms with Gasteiger partial charge in [-0.3, -0.25) is 4.79 Å². The summed E-state index contributed by atoms with van der Waals surface area (Å²) < 4.78 is 32.8. The number of morpholine rings is 1. The summed E-state index contributed by atoms with van der Waals surface area (Å²) in [5, 5.41) is 2.74. The van der Waals surface area contributed by atoms with Crippen molar-refractivity contribution in [3.8, 4) is 0 Å². The van der Waals surface area contributed by atoms with Crippen LogP contribution in [0.1, 0.15) is 13.3 Å². The molecule has 1 amide bonds. The van der Waals surface area contributed by atoms with Gasteiger partial charge in [-0.25, -0.2) is 8.78 Å². The lowest BCUT2D eigenvalue weighted by molar-refractivity contribution is -0.124. The van der Waals surface area contributed by atoms with Crippen molar-refractivity contribution in [2.75, 3.05) is 36.9 Å². The third kappa shape index (κ3) is 3.24. The predicted molar refractivity (Wildman–Crippen MR) is 76.0 cm³/mol. The molecule has 0 bridgehead atoms. The fourth-order valence-electron chi connectivity index (χ4n) is 2.30. The summed E-state index contributed by atoms with van der Waals surface area (Å²) in [6.45, 7) is 3.16. The maximum atomic E-state index is 14.1. The highest BCUT2D eigenvalue weighted by Crippen LogP contribution is 2.31. The molecule has 1 aliphatic rings. The largest absolute Gasteiger partial charge is 0.397 e. The van der Waals surface area contributed by atoms with Gasteiger partial charge in [-0.2, -0.15) is 0 Å². The van der Waals surface area contributed by atoms with Gasteiger partial charge in [-0.05, 0) is 18.6 Å². The van der Waals surface area contributed by atoms with Crippen molar-refractivity contribution in [1.82, 2.24) is 5.32 Å². The van der Waals surface area contributed by atoms with Crippen molar-refractivity contribution in [2.45, 2.75) is 19.4 Å². The van der Waals surface area contributed by atoms with Crippen LogP contribution >= 0.6 is 0 Å². The molecule has 1 aliphatic heterocycles. The van der Waals surface area contributed by atoms with E-state index in [9.17, 15) is 13.6 Å². The number of carbonyl (C=O) groups is 1. The van der Waals surface area contributed by atoms with Crippen LogP contribution in [0.4, 0.5) is 20.2 Å². The lowest BCUT2D eigenvalue weighted by atomic mass is 10.1. The highest BCUT2D eigenvalue weighted by molar-refractivity contribution is 5.87. The normalized spacial score (nSPS) is 18.6. The summed E-state index contributed by atoms with van der Waals surface area (Å²) in [5.74, 6) is -2.30. The average Bonchev–Trinajstić information content (AvgIpc) is 2.49. The molecule has 1 aromatic rings. The third-order valence-corrected chi connectivity index (χ3v) is 3.37. The van der Waals surface area contributed by atoms with Crippen LogP contribution in [0.3, 0.4) is 0 Å². The van der Waals surface area contributed by atoms with E-state index in [0.717, 1.165) is 12.5 Å². The standard InChI is InChI=1S/C14H19F2N3O2/c1-2-5-18-14(20)11-8-21-7-6-19(11)13-10(17)4-3-9(15)12(13)16/h3-4,11H,2,5-8,17H2,1H3,(H,18,20). The predicted octanol–water partition coefficient (Wildman–Crippen LogP) is 1.28. The lowest BCUT2D eigenvalue weighted by Gasteiger charge is -2.37. The van der Waals surface area contributed by atoms with Crippen LogP contribution in [0.15, 0.2) is 12.1 Å². The first kappa shape index (κ1) is 15.5. The number of ether oxygens (including phenoxy) is 1. The van der Waals surface area contributed by atoms with Crippen LogP contribution in [-0.2, 0) is 9.53 Å². The summed E-state index contributed by atoms with van der Waals surface area (Å²) in [7, 11) is 0. The first-order valence-corrected chi connectivity index (χ1v) is 6.91. The smallest absolute Gasteiger partial charge is 0.245 e. The summed E-state index contributed by atoms with van der Waals surface area (Å²) in [5.41, 5.74) is 5.79. The Kier molecular flexibility index (Phi) is 4.95. The zero-order valence-electron chi connectivity index (χ0n) is 11.9. The molecule has 1 fully saturated rings. The molecule has 0 radical (unpaired) electrons. The molecule has 1 aromatic carbocycles. The second kappa shape index (κ2) is 6.71. The number of hydrogen-bond donors (Lipinski definition) is 2. The van der Waals surface area contributed by atoms with Crippen molar-refractivity contribution < 1.29 is 18.3 Å². The Hall–Kier alpha value is -1.89. The van der Waals surface area contributed by atoms with Gasteiger partial charge in [0.1, 0.15) is 11.7 Å². The van der Waals surface area contributed by atoms with E-state index >= 15 is 0 Å². The molecule has 0 aromatic heterocycles. The summed E-state index contributed by atoms with van der Waals surface area (Å²) in [6.07, 6.45) is 0.787. The zero-order chi connectivity index (χ0) is 15.4. The van der Waals surface area contributed by atoms with Crippen LogP contribution in [0, 0.1) is 11.6 Å². The van der Waals surface area contributed by atoms with Crippen LogP contribution in [0.2, 0.25) is 0 Å². The molecule has 7 heteroatoms. The van der Waals surface area contributed by atoms with Gasteiger partial charge in [0, 0.05) is 13.1 Å². The Labute approximate surface area is 122 Å². The second-order valence-electron chi connectivity index (χ2n) is 4.87. The lowest BCUT2D eigenvalue weighted by Crippen LogP contribution is -2.54. The molecule has 0 saturated carbocycles. The number of amides is 1. The number of carbonyl (C=O) groups excluding carboxylic acids is 1. The molecule has 0 aliphatic carbocycles. The van der Waals surface area contributed by atoms with E-state index in [1.54, 1.807) is 0 Å². The Bertz CT molecular complexity index is 525. The van der Waals surface area contributed by atoms with E-state index in [2.05, 4.69) is 5.32 Å². The van der Waals surface area contributed by atoms with Gasteiger partial charge in [-0.1, -0.05) is 6.92 Å². The molecule has 1 unspecified atom stereocenters. The van der Waals surface area contributed by atoms with Crippen LogP contribution in [-0.4, -0.2) is 38.3 Å². The van der Waals surface area contributed by atoms with Crippen LogP contribution < -0.4 is 16.0 Å². The second-order valence-corrected chi connectivity index (χ2v) is 4.87. The highest BCUT2D eigenvalue weighted by Gasteiger charge is 2.32. The van der Waals surface area contributed by atoms with Crippen molar-refractivity contribution in [2.24, 2.45) is 0 Å². The van der Waals surface area contributed by atoms with Gasteiger partial charge >= 0.3 is 0 Å². The van der Waals surface area contributed by atoms with Crippen molar-refractivity contribution >= 4 is 17.3 Å². The van der Waals surface area contributed by atoms with Crippen LogP contribution in [0.25, 0.3) is 0 Å². The highest BCUT2D eigenvalue weighted by atomic mass is 19.2. The Morgan fingerprint density at radius 2 is 2.29 bits per heavy atom. The topological polar surface area (TPSA) is 67.6 Å². The summed E-state index contributed by atoms with van der Waals surface area (Å²) >= 11 is 0. The van der Waals surface area contributed by atoms with Crippen molar-refractivity contribution in [3.05, 3.63) is 23.8 Å². The van der Waals surface area contributed by atoms with E-state index in [1.807, 2.05) is 6.92 Å². The number of nitrogens with two attached hydrogens (primary N) is 1. The maximum absolute atomic E-state index is 14.1. The fourth-order valence-corrected chi connectivity index (χ4v) is 2.30. The van der Waals surface area contributed by atoms with E-state index in [0.29, 0.717) is 13.2 Å². The van der Waals surface area contributed by atoms with E-state index in [4.69, 9.17) is 10.5 Å². The molecule has 21 heavy (non-hydrogen) atoms.